The molecular formula is C26H27N3O3S. The number of rotatable bonds is 5. The van der Waals surface area contributed by atoms with Gasteiger partial charge in [0, 0.05) is 31.7 Å². The van der Waals surface area contributed by atoms with Crippen LogP contribution in [-0.4, -0.2) is 38.3 Å². The Morgan fingerprint density at radius 1 is 0.818 bits per heavy atom. The SMILES string of the molecule is O=C(Nc1ccccc1N1CCCC1)c1cccc(S(=O)(=O)N2CCc3ccccc3C2)c1. The van der Waals surface area contributed by atoms with Crippen LogP contribution in [0.15, 0.2) is 77.7 Å². The highest BCUT2D eigenvalue weighted by molar-refractivity contribution is 7.89. The number of nitrogens with zero attached hydrogens (tertiary/aromatic N) is 2. The number of amides is 1. The number of benzene rings is 3. The molecule has 0 unspecified atom stereocenters. The Hall–Kier alpha value is -3.16. The number of hydrogen-bond donors (Lipinski definition) is 1. The average molecular weight is 462 g/mol. The lowest BCUT2D eigenvalue weighted by molar-refractivity contribution is 0.102. The van der Waals surface area contributed by atoms with E-state index in [1.165, 1.54) is 15.9 Å². The van der Waals surface area contributed by atoms with Crippen molar-refractivity contribution in [2.45, 2.75) is 30.7 Å². The maximum atomic E-state index is 13.3. The predicted molar refractivity (Wildman–Crippen MR) is 130 cm³/mol. The van der Waals surface area contributed by atoms with Crippen LogP contribution in [-0.2, 0) is 23.0 Å². The second kappa shape index (κ2) is 9.00. The molecule has 0 saturated carbocycles. The van der Waals surface area contributed by atoms with Crippen molar-refractivity contribution < 1.29 is 13.2 Å². The van der Waals surface area contributed by atoms with Crippen LogP contribution in [0.5, 0.6) is 0 Å². The van der Waals surface area contributed by atoms with Gasteiger partial charge in [0.05, 0.1) is 16.3 Å². The fourth-order valence-electron chi connectivity index (χ4n) is 4.63. The first-order chi connectivity index (χ1) is 16.0. The van der Waals surface area contributed by atoms with Crippen LogP contribution in [0.3, 0.4) is 0 Å². The zero-order chi connectivity index (χ0) is 22.8. The van der Waals surface area contributed by atoms with Gasteiger partial charge in [-0.05, 0) is 60.7 Å². The quantitative estimate of drug-likeness (QED) is 0.616. The van der Waals surface area contributed by atoms with Crippen molar-refractivity contribution in [2.75, 3.05) is 29.9 Å². The third-order valence-electron chi connectivity index (χ3n) is 6.43. The van der Waals surface area contributed by atoms with E-state index >= 15 is 0 Å². The molecule has 33 heavy (non-hydrogen) atoms. The predicted octanol–water partition coefficient (Wildman–Crippen LogP) is 4.29. The molecule has 2 heterocycles. The van der Waals surface area contributed by atoms with Crippen molar-refractivity contribution in [3.63, 3.8) is 0 Å². The van der Waals surface area contributed by atoms with Gasteiger partial charge in [0.2, 0.25) is 10.0 Å². The van der Waals surface area contributed by atoms with E-state index in [1.807, 2.05) is 48.5 Å². The molecule has 0 radical (unpaired) electrons. The summed E-state index contributed by atoms with van der Waals surface area (Å²) >= 11 is 0. The molecule has 1 saturated heterocycles. The summed E-state index contributed by atoms with van der Waals surface area (Å²) < 4.78 is 28.2. The molecule has 2 aliphatic rings. The largest absolute Gasteiger partial charge is 0.370 e. The monoisotopic (exact) mass is 461 g/mol. The van der Waals surface area contributed by atoms with Crippen molar-refractivity contribution in [3.8, 4) is 0 Å². The molecule has 0 spiro atoms. The minimum atomic E-state index is -3.71. The van der Waals surface area contributed by atoms with E-state index < -0.39 is 10.0 Å². The molecule has 6 nitrogen and oxygen atoms in total. The van der Waals surface area contributed by atoms with E-state index in [0.717, 1.165) is 42.9 Å². The topological polar surface area (TPSA) is 69.7 Å². The number of fused-ring (bicyclic) bond motifs is 1. The van der Waals surface area contributed by atoms with Gasteiger partial charge in [-0.25, -0.2) is 8.42 Å². The number of carbonyl (C=O) groups is 1. The fourth-order valence-corrected chi connectivity index (χ4v) is 6.09. The molecule has 0 bridgehead atoms. The molecule has 0 aromatic heterocycles. The number of sulfonamides is 1. The molecule has 0 aliphatic carbocycles. The summed E-state index contributed by atoms with van der Waals surface area (Å²) in [6, 6.07) is 22.0. The Morgan fingerprint density at radius 3 is 2.36 bits per heavy atom. The molecule has 170 valence electrons. The number of nitrogens with one attached hydrogen (secondary N) is 1. The second-order valence-corrected chi connectivity index (χ2v) is 10.5. The minimum absolute atomic E-state index is 0.141. The zero-order valence-electron chi connectivity index (χ0n) is 18.4. The van der Waals surface area contributed by atoms with Crippen LogP contribution in [0.1, 0.15) is 34.3 Å². The van der Waals surface area contributed by atoms with E-state index in [1.54, 1.807) is 18.2 Å². The third kappa shape index (κ3) is 4.38. The highest BCUT2D eigenvalue weighted by Gasteiger charge is 2.29. The van der Waals surface area contributed by atoms with Crippen LogP contribution < -0.4 is 10.2 Å². The summed E-state index contributed by atoms with van der Waals surface area (Å²) in [4.78, 5) is 15.5. The molecule has 1 fully saturated rings. The summed E-state index contributed by atoms with van der Waals surface area (Å²) in [5.74, 6) is -0.317. The van der Waals surface area contributed by atoms with Gasteiger partial charge >= 0.3 is 0 Å². The Labute approximate surface area is 194 Å². The summed E-state index contributed by atoms with van der Waals surface area (Å²) in [7, 11) is -3.71. The number of anilines is 2. The zero-order valence-corrected chi connectivity index (χ0v) is 19.2. The van der Waals surface area contributed by atoms with E-state index in [0.29, 0.717) is 25.1 Å². The molecule has 1 amide bonds. The number of para-hydroxylation sites is 2. The van der Waals surface area contributed by atoms with Crippen LogP contribution in [0.2, 0.25) is 0 Å². The Bertz CT molecular complexity index is 1280. The summed E-state index contributed by atoms with van der Waals surface area (Å²) in [6.45, 7) is 2.72. The van der Waals surface area contributed by atoms with Gasteiger partial charge < -0.3 is 10.2 Å². The van der Waals surface area contributed by atoms with Crippen molar-refractivity contribution in [3.05, 3.63) is 89.5 Å². The summed E-state index contributed by atoms with van der Waals surface area (Å²) in [5, 5.41) is 2.99. The van der Waals surface area contributed by atoms with E-state index in [9.17, 15) is 13.2 Å². The molecule has 3 aromatic rings. The van der Waals surface area contributed by atoms with Crippen LogP contribution in [0, 0.1) is 0 Å². The van der Waals surface area contributed by atoms with E-state index in [2.05, 4.69) is 10.2 Å². The lowest BCUT2D eigenvalue weighted by atomic mass is 10.0. The molecule has 2 aliphatic heterocycles. The minimum Gasteiger partial charge on any atom is -0.370 e. The average Bonchev–Trinajstić information content (AvgIpc) is 3.39. The van der Waals surface area contributed by atoms with Crippen LogP contribution in [0.25, 0.3) is 0 Å². The van der Waals surface area contributed by atoms with E-state index in [4.69, 9.17) is 0 Å². The molecule has 3 aromatic carbocycles. The number of hydrogen-bond acceptors (Lipinski definition) is 4. The van der Waals surface area contributed by atoms with Crippen molar-refractivity contribution in [1.82, 2.24) is 4.31 Å². The Kier molecular flexibility index (Phi) is 5.91. The third-order valence-corrected chi connectivity index (χ3v) is 8.27. The van der Waals surface area contributed by atoms with Gasteiger partial charge in [-0.15, -0.1) is 0 Å². The van der Waals surface area contributed by atoms with Crippen molar-refractivity contribution >= 4 is 27.3 Å². The van der Waals surface area contributed by atoms with Gasteiger partial charge in [-0.3, -0.25) is 4.79 Å². The van der Waals surface area contributed by atoms with Crippen LogP contribution >= 0.6 is 0 Å². The van der Waals surface area contributed by atoms with Gasteiger partial charge in [0.15, 0.2) is 0 Å². The first-order valence-corrected chi connectivity index (χ1v) is 12.8. The smallest absolute Gasteiger partial charge is 0.255 e. The van der Waals surface area contributed by atoms with Crippen molar-refractivity contribution in [2.24, 2.45) is 0 Å². The first kappa shape index (κ1) is 21.7. The number of carbonyl (C=O) groups excluding carboxylic acids is 1. The lowest BCUT2D eigenvalue weighted by Gasteiger charge is -2.28. The maximum absolute atomic E-state index is 13.3. The van der Waals surface area contributed by atoms with Gasteiger partial charge in [0.1, 0.15) is 0 Å². The maximum Gasteiger partial charge on any atom is 0.255 e. The summed E-state index contributed by atoms with van der Waals surface area (Å²) in [5.41, 5.74) is 4.28. The fraction of sp³-hybridized carbons (Fsp3) is 0.269. The highest BCUT2D eigenvalue weighted by atomic mass is 32.2. The lowest BCUT2D eigenvalue weighted by Crippen LogP contribution is -2.36. The van der Waals surface area contributed by atoms with Crippen molar-refractivity contribution in [1.29, 1.82) is 0 Å². The van der Waals surface area contributed by atoms with Gasteiger partial charge in [-0.2, -0.15) is 4.31 Å². The standard InChI is InChI=1S/C26H27N3O3S/c30-26(27-24-12-3-4-13-25(24)28-15-5-6-16-28)21-10-7-11-23(18-21)33(31,32)29-17-14-20-8-1-2-9-22(20)19-29/h1-4,7-13,18H,5-6,14-17,19H2,(H,27,30). The Morgan fingerprint density at radius 2 is 1.55 bits per heavy atom. The first-order valence-electron chi connectivity index (χ1n) is 11.3. The molecular weight excluding hydrogens is 434 g/mol. The molecule has 5 rings (SSSR count). The van der Waals surface area contributed by atoms with Gasteiger partial charge in [0.25, 0.3) is 5.91 Å². The summed E-state index contributed by atoms with van der Waals surface area (Å²) in [6.07, 6.45) is 2.97. The van der Waals surface area contributed by atoms with E-state index in [-0.39, 0.29) is 10.8 Å². The molecule has 7 heteroatoms. The molecule has 1 N–H and O–H groups in total. The second-order valence-electron chi connectivity index (χ2n) is 8.55. The molecule has 0 atom stereocenters. The van der Waals surface area contributed by atoms with Gasteiger partial charge in [-0.1, -0.05) is 42.5 Å². The highest BCUT2D eigenvalue weighted by Crippen LogP contribution is 2.30. The Balaban J connectivity index is 1.37. The normalized spacial score (nSPS) is 16.4. The van der Waals surface area contributed by atoms with Crippen LogP contribution in [0.4, 0.5) is 11.4 Å².